The SMILES string of the molecule is CCCCC1[C-]=CC(C(C)(C)C)=C1.C[C](C)=[Zr+2].Cc1cc(C)c(-c2ccc3c(c2)[cH-]c2cc(-c4c(C)cc(C)cc4C)ccc23)c(C)c1. The monoisotopic (exact) mass is 710 g/mol. The summed E-state index contributed by atoms with van der Waals surface area (Å²) in [6, 6.07) is 25.4. The van der Waals surface area contributed by atoms with Gasteiger partial charge in [-0.15, -0.1) is 39.7 Å². The van der Waals surface area contributed by atoms with Crippen LogP contribution in [0.25, 0.3) is 43.8 Å². The van der Waals surface area contributed by atoms with E-state index in [1.165, 1.54) is 105 Å². The van der Waals surface area contributed by atoms with Crippen LogP contribution >= 0.6 is 0 Å². The fourth-order valence-electron chi connectivity index (χ4n) is 7.17. The predicted octanol–water partition coefficient (Wildman–Crippen LogP) is 13.8. The van der Waals surface area contributed by atoms with Crippen LogP contribution in [0.1, 0.15) is 94.2 Å². The minimum Gasteiger partial charge on any atom is -0.126 e. The second-order valence-electron chi connectivity index (χ2n) is 15.2. The third-order valence-electron chi connectivity index (χ3n) is 9.20. The molecule has 6 rings (SSSR count). The first-order valence-corrected chi connectivity index (χ1v) is 18.9. The zero-order valence-corrected chi connectivity index (χ0v) is 34.2. The Morgan fingerprint density at radius 3 is 1.48 bits per heavy atom. The number of rotatable bonds is 5. The van der Waals surface area contributed by atoms with Gasteiger partial charge in [-0.3, -0.25) is 6.08 Å². The van der Waals surface area contributed by atoms with E-state index in [9.17, 15) is 0 Å². The molecule has 0 N–H and O–H groups in total. The van der Waals surface area contributed by atoms with E-state index in [0.717, 1.165) is 0 Å². The summed E-state index contributed by atoms with van der Waals surface area (Å²) in [6.45, 7) is 26.5. The number of aryl methyl sites for hydroxylation is 6. The Kier molecular flexibility index (Phi) is 12.7. The van der Waals surface area contributed by atoms with Crippen LogP contribution in [0.3, 0.4) is 0 Å². The van der Waals surface area contributed by atoms with Gasteiger partial charge in [-0.2, -0.15) is 11.6 Å². The molecule has 0 radical (unpaired) electrons. The van der Waals surface area contributed by atoms with Gasteiger partial charge in [0.25, 0.3) is 0 Å². The summed E-state index contributed by atoms with van der Waals surface area (Å²) in [5.74, 6) is 0.592. The van der Waals surface area contributed by atoms with E-state index in [-0.39, 0.29) is 0 Å². The fraction of sp³-hybridized carbons (Fsp3) is 0.362. The van der Waals surface area contributed by atoms with Gasteiger partial charge in [0.05, 0.1) is 0 Å². The number of unbranched alkanes of at least 4 members (excludes halogenated alkanes) is 1. The van der Waals surface area contributed by atoms with Crippen molar-refractivity contribution in [2.24, 2.45) is 11.3 Å². The molecule has 0 aromatic heterocycles. The molecule has 0 heterocycles. The Hall–Kier alpha value is -3.02. The van der Waals surface area contributed by atoms with E-state index in [4.69, 9.17) is 0 Å². The molecule has 1 unspecified atom stereocenters. The van der Waals surface area contributed by atoms with Crippen molar-refractivity contribution in [3.05, 3.63) is 124 Å². The largest absolute Gasteiger partial charge is 0.126 e. The van der Waals surface area contributed by atoms with Gasteiger partial charge in [-0.25, -0.2) is 6.08 Å². The van der Waals surface area contributed by atoms with Crippen LogP contribution in [-0.2, 0) is 24.2 Å². The van der Waals surface area contributed by atoms with E-state index >= 15 is 0 Å². The molecule has 0 saturated carbocycles. The van der Waals surface area contributed by atoms with E-state index < -0.39 is 0 Å². The second kappa shape index (κ2) is 16.1. The maximum Gasteiger partial charge on any atom is -0.0200 e. The average molecular weight is 712 g/mol. The van der Waals surface area contributed by atoms with E-state index in [2.05, 4.69) is 168 Å². The number of hydrogen-bond acceptors (Lipinski definition) is 0. The van der Waals surface area contributed by atoms with Gasteiger partial charge >= 0.3 is 41.3 Å². The molecule has 1 aliphatic rings. The van der Waals surface area contributed by atoms with Crippen LogP contribution in [0.4, 0.5) is 0 Å². The summed E-state index contributed by atoms with van der Waals surface area (Å²) in [6.07, 6.45) is 11.9. The minimum atomic E-state index is 0.300. The molecule has 5 aromatic rings. The molecule has 48 heavy (non-hydrogen) atoms. The first-order chi connectivity index (χ1) is 22.6. The van der Waals surface area contributed by atoms with Crippen LogP contribution in [0.2, 0.25) is 0 Å². The molecule has 248 valence electrons. The van der Waals surface area contributed by atoms with Crippen molar-refractivity contribution < 1.29 is 24.2 Å². The third-order valence-corrected chi connectivity index (χ3v) is 9.20. The molecular formula is C47H56Zr. The van der Waals surface area contributed by atoms with Gasteiger partial charge < -0.3 is 0 Å². The molecule has 1 heteroatoms. The number of hydrogen-bond donors (Lipinski definition) is 0. The average Bonchev–Trinajstić information content (AvgIpc) is 3.59. The van der Waals surface area contributed by atoms with Gasteiger partial charge in [-0.1, -0.05) is 129 Å². The van der Waals surface area contributed by atoms with Crippen molar-refractivity contribution in [1.82, 2.24) is 0 Å². The first-order valence-electron chi connectivity index (χ1n) is 17.7. The molecule has 0 nitrogen and oxygen atoms in total. The van der Waals surface area contributed by atoms with Crippen LogP contribution in [-0.4, -0.2) is 3.21 Å². The van der Waals surface area contributed by atoms with Crippen molar-refractivity contribution in [1.29, 1.82) is 0 Å². The number of benzene rings is 4. The molecule has 1 atom stereocenters. The first kappa shape index (κ1) is 37.8. The molecule has 5 aromatic carbocycles. The zero-order chi connectivity index (χ0) is 35.3. The van der Waals surface area contributed by atoms with E-state index in [1.807, 2.05) is 0 Å². The number of allylic oxidation sites excluding steroid dienone is 4. The summed E-state index contributed by atoms with van der Waals surface area (Å²) >= 11 is 1.55. The Bertz CT molecular complexity index is 1820. The molecule has 0 saturated heterocycles. The minimum absolute atomic E-state index is 0.300. The quantitative estimate of drug-likeness (QED) is 0.159. The Morgan fingerprint density at radius 1 is 0.708 bits per heavy atom. The molecule has 0 amide bonds. The summed E-state index contributed by atoms with van der Waals surface area (Å²) < 4.78 is 1.51. The Morgan fingerprint density at radius 2 is 1.12 bits per heavy atom. The van der Waals surface area contributed by atoms with Crippen LogP contribution in [0.15, 0.2) is 84.5 Å². The van der Waals surface area contributed by atoms with E-state index in [0.29, 0.717) is 11.3 Å². The summed E-state index contributed by atoms with van der Waals surface area (Å²) in [5, 5.41) is 5.32. The van der Waals surface area contributed by atoms with Crippen molar-refractivity contribution in [3.63, 3.8) is 0 Å². The van der Waals surface area contributed by atoms with Crippen LogP contribution in [0.5, 0.6) is 0 Å². The zero-order valence-electron chi connectivity index (χ0n) is 31.7. The molecular weight excluding hydrogens is 656 g/mol. The molecule has 0 fully saturated rings. The van der Waals surface area contributed by atoms with Crippen LogP contribution in [0, 0.1) is 59.0 Å². The Balaban J connectivity index is 0.000000255. The topological polar surface area (TPSA) is 0 Å². The second-order valence-corrected chi connectivity index (χ2v) is 17.7. The van der Waals surface area contributed by atoms with Gasteiger partial charge in [0.15, 0.2) is 0 Å². The summed E-state index contributed by atoms with van der Waals surface area (Å²) in [7, 11) is 0. The van der Waals surface area contributed by atoms with Crippen molar-refractivity contribution in [2.75, 3.05) is 0 Å². The smallest absolute Gasteiger partial charge is 0.0200 e. The molecule has 1 aliphatic carbocycles. The van der Waals surface area contributed by atoms with Gasteiger partial charge in [0.2, 0.25) is 0 Å². The maximum atomic E-state index is 3.43. The van der Waals surface area contributed by atoms with Crippen molar-refractivity contribution in [2.45, 2.75) is 102 Å². The molecule has 0 bridgehead atoms. The summed E-state index contributed by atoms with van der Waals surface area (Å²) in [5.41, 5.74) is 15.1. The van der Waals surface area contributed by atoms with Crippen molar-refractivity contribution >= 4 is 24.8 Å². The van der Waals surface area contributed by atoms with Crippen LogP contribution < -0.4 is 0 Å². The summed E-state index contributed by atoms with van der Waals surface area (Å²) in [4.78, 5) is 0. The van der Waals surface area contributed by atoms with Gasteiger partial charge in [0.1, 0.15) is 0 Å². The maximum absolute atomic E-state index is 3.43. The third kappa shape index (κ3) is 9.36. The van der Waals surface area contributed by atoms with E-state index in [1.54, 1.807) is 24.2 Å². The fourth-order valence-corrected chi connectivity index (χ4v) is 7.17. The van der Waals surface area contributed by atoms with Crippen molar-refractivity contribution in [3.8, 4) is 22.3 Å². The predicted molar refractivity (Wildman–Crippen MR) is 211 cm³/mol. The number of fused-ring (bicyclic) bond motifs is 3. The normalized spacial score (nSPS) is 14.0. The van der Waals surface area contributed by atoms with Gasteiger partial charge in [0, 0.05) is 0 Å². The molecule has 0 aliphatic heterocycles. The van der Waals surface area contributed by atoms with Gasteiger partial charge in [-0.05, 0) is 74.9 Å². The Labute approximate surface area is 307 Å². The standard InChI is InChI=1S/C31H29.C13H21.C3H6.Zr/c1-18-11-20(3)30(21(4)12-18)24-7-9-28-26(15-24)17-27-16-25(8-10-29(27)28)31-22(5)13-19(2)14-23(31)6;1-5-6-7-11-8-9-12(10-11)13(2,3)4;1-3-2;/h7-17H,1-6H3;9-11H,5-7H2,1-4H3;1-2H3;/q2*-1;;+2. The molecule has 0 spiro atoms.